The van der Waals surface area contributed by atoms with E-state index in [1.807, 2.05) is 71.9 Å². The number of methoxy groups -OCH3 is 1. The van der Waals surface area contributed by atoms with E-state index in [0.717, 1.165) is 35.5 Å². The minimum absolute atomic E-state index is 0.0390. The van der Waals surface area contributed by atoms with Gasteiger partial charge in [0.2, 0.25) is 0 Å². The number of likely N-dealkylation sites (tertiary alicyclic amines) is 1. The maximum Gasteiger partial charge on any atom is 0.317 e. The number of imidazole rings is 1. The van der Waals surface area contributed by atoms with Crippen LogP contribution in [0.2, 0.25) is 0 Å². The SMILES string of the molecule is COc1ccc(CNC(=O)N2CCC(c3nccn3Cc3noc(-c4ccccc4)n3)CC2)cc1. The summed E-state index contributed by atoms with van der Waals surface area (Å²) in [5, 5.41) is 7.16. The van der Waals surface area contributed by atoms with Gasteiger partial charge in [0.15, 0.2) is 5.82 Å². The van der Waals surface area contributed by atoms with E-state index in [1.54, 1.807) is 7.11 Å². The van der Waals surface area contributed by atoms with Crippen molar-refractivity contribution in [2.75, 3.05) is 20.2 Å². The van der Waals surface area contributed by atoms with Crippen LogP contribution in [0.5, 0.6) is 5.75 Å². The summed E-state index contributed by atoms with van der Waals surface area (Å²) in [7, 11) is 1.64. The minimum atomic E-state index is -0.0390. The molecular weight excluding hydrogens is 444 g/mol. The van der Waals surface area contributed by atoms with Gasteiger partial charge in [-0.05, 0) is 42.7 Å². The number of carbonyl (C=O) groups excluding carboxylic acids is 1. The Hall–Kier alpha value is -4.14. The minimum Gasteiger partial charge on any atom is -0.497 e. The van der Waals surface area contributed by atoms with Crippen molar-refractivity contribution in [2.24, 2.45) is 0 Å². The van der Waals surface area contributed by atoms with E-state index in [2.05, 4.69) is 25.0 Å². The molecule has 0 aliphatic carbocycles. The van der Waals surface area contributed by atoms with Crippen LogP contribution in [0.25, 0.3) is 11.5 Å². The first-order chi connectivity index (χ1) is 17.2. The molecule has 2 aromatic carbocycles. The number of benzene rings is 2. The lowest BCUT2D eigenvalue weighted by atomic mass is 9.96. The van der Waals surface area contributed by atoms with E-state index in [1.165, 1.54) is 0 Å². The monoisotopic (exact) mass is 472 g/mol. The van der Waals surface area contributed by atoms with E-state index in [9.17, 15) is 4.79 Å². The summed E-state index contributed by atoms with van der Waals surface area (Å²) < 4.78 is 12.7. The Morgan fingerprint density at radius 2 is 1.89 bits per heavy atom. The molecule has 9 nitrogen and oxygen atoms in total. The van der Waals surface area contributed by atoms with E-state index in [-0.39, 0.29) is 11.9 Å². The molecule has 2 amide bonds. The van der Waals surface area contributed by atoms with Crippen LogP contribution in [0.15, 0.2) is 71.5 Å². The van der Waals surface area contributed by atoms with Crippen LogP contribution in [-0.2, 0) is 13.1 Å². The highest BCUT2D eigenvalue weighted by Crippen LogP contribution is 2.27. The summed E-state index contributed by atoms with van der Waals surface area (Å²) in [6.07, 6.45) is 5.46. The Morgan fingerprint density at radius 1 is 1.11 bits per heavy atom. The van der Waals surface area contributed by atoms with Crippen molar-refractivity contribution in [3.8, 4) is 17.2 Å². The largest absolute Gasteiger partial charge is 0.497 e. The normalized spacial score (nSPS) is 14.1. The van der Waals surface area contributed by atoms with E-state index < -0.39 is 0 Å². The molecule has 1 N–H and O–H groups in total. The van der Waals surface area contributed by atoms with Gasteiger partial charge >= 0.3 is 6.03 Å². The van der Waals surface area contributed by atoms with Gasteiger partial charge in [0.25, 0.3) is 5.89 Å². The number of piperidine rings is 1. The number of rotatable bonds is 7. The Morgan fingerprint density at radius 3 is 2.63 bits per heavy atom. The summed E-state index contributed by atoms with van der Waals surface area (Å²) >= 11 is 0. The van der Waals surface area contributed by atoms with Crippen LogP contribution in [0, 0.1) is 0 Å². The number of amides is 2. The van der Waals surface area contributed by atoms with Gasteiger partial charge in [-0.3, -0.25) is 0 Å². The number of nitrogens with one attached hydrogen (secondary N) is 1. The van der Waals surface area contributed by atoms with Gasteiger partial charge < -0.3 is 24.0 Å². The van der Waals surface area contributed by atoms with Crippen molar-refractivity contribution in [3.63, 3.8) is 0 Å². The summed E-state index contributed by atoms with van der Waals surface area (Å²) in [5.74, 6) is 3.19. The highest BCUT2D eigenvalue weighted by Gasteiger charge is 2.26. The Kier molecular flexibility index (Phi) is 6.74. The highest BCUT2D eigenvalue weighted by atomic mass is 16.5. The van der Waals surface area contributed by atoms with Crippen molar-refractivity contribution in [2.45, 2.75) is 31.8 Å². The molecule has 1 fully saturated rings. The smallest absolute Gasteiger partial charge is 0.317 e. The van der Waals surface area contributed by atoms with Crippen LogP contribution >= 0.6 is 0 Å². The Bertz CT molecular complexity index is 1240. The predicted octanol–water partition coefficient (Wildman–Crippen LogP) is 4.08. The molecular formula is C26H28N6O3. The zero-order chi connectivity index (χ0) is 24.0. The molecule has 0 unspecified atom stereocenters. The van der Waals surface area contributed by atoms with Crippen LogP contribution in [0.3, 0.4) is 0 Å². The standard InChI is InChI=1S/C26H28N6O3/c1-34-22-9-7-19(8-10-22)17-28-26(33)31-14-11-20(12-15-31)24-27-13-16-32(24)18-23-29-25(35-30-23)21-5-3-2-4-6-21/h2-10,13,16,20H,11-12,14-15,17-18H2,1H3,(H,28,33). The topological polar surface area (TPSA) is 98.3 Å². The van der Waals surface area contributed by atoms with Crippen LogP contribution in [0.4, 0.5) is 4.79 Å². The number of urea groups is 1. The lowest BCUT2D eigenvalue weighted by Crippen LogP contribution is -2.44. The average molecular weight is 473 g/mol. The molecule has 4 aromatic rings. The van der Waals surface area contributed by atoms with E-state index in [4.69, 9.17) is 9.26 Å². The van der Waals surface area contributed by atoms with E-state index >= 15 is 0 Å². The van der Waals surface area contributed by atoms with Gasteiger partial charge in [-0.1, -0.05) is 35.5 Å². The first-order valence-corrected chi connectivity index (χ1v) is 11.7. The predicted molar refractivity (Wildman–Crippen MR) is 130 cm³/mol. The molecule has 0 saturated carbocycles. The van der Waals surface area contributed by atoms with Gasteiger partial charge in [0, 0.05) is 43.5 Å². The zero-order valence-corrected chi connectivity index (χ0v) is 19.6. The maximum absolute atomic E-state index is 12.7. The van der Waals surface area contributed by atoms with Gasteiger partial charge in [-0.25, -0.2) is 9.78 Å². The fourth-order valence-electron chi connectivity index (χ4n) is 4.36. The molecule has 35 heavy (non-hydrogen) atoms. The van der Waals surface area contributed by atoms with Crippen LogP contribution in [-0.4, -0.2) is 50.8 Å². The van der Waals surface area contributed by atoms with Gasteiger partial charge in [0.05, 0.1) is 13.7 Å². The molecule has 180 valence electrons. The van der Waals surface area contributed by atoms with Crippen molar-refractivity contribution in [1.29, 1.82) is 0 Å². The van der Waals surface area contributed by atoms with Gasteiger partial charge in [-0.2, -0.15) is 4.98 Å². The third kappa shape index (κ3) is 5.34. The van der Waals surface area contributed by atoms with Gasteiger partial charge in [0.1, 0.15) is 11.6 Å². The summed E-state index contributed by atoms with van der Waals surface area (Å²) in [5.41, 5.74) is 1.93. The van der Waals surface area contributed by atoms with Crippen molar-refractivity contribution in [3.05, 3.63) is 84.2 Å². The summed E-state index contributed by atoms with van der Waals surface area (Å²) in [6, 6.07) is 17.4. The number of hydrogen-bond donors (Lipinski definition) is 1. The third-order valence-electron chi connectivity index (χ3n) is 6.30. The molecule has 0 radical (unpaired) electrons. The molecule has 0 atom stereocenters. The second-order valence-corrected chi connectivity index (χ2v) is 8.56. The van der Waals surface area contributed by atoms with Crippen LogP contribution < -0.4 is 10.1 Å². The number of nitrogens with zero attached hydrogens (tertiary/aromatic N) is 5. The van der Waals surface area contributed by atoms with Gasteiger partial charge in [-0.15, -0.1) is 0 Å². The van der Waals surface area contributed by atoms with Crippen LogP contribution in [0.1, 0.15) is 36.0 Å². The molecule has 1 saturated heterocycles. The summed E-state index contributed by atoms with van der Waals surface area (Å²) in [4.78, 5) is 23.7. The Labute approximate surface area is 203 Å². The molecule has 5 rings (SSSR count). The summed E-state index contributed by atoms with van der Waals surface area (Å²) in [6.45, 7) is 2.36. The first kappa shape index (κ1) is 22.6. The third-order valence-corrected chi connectivity index (χ3v) is 6.30. The first-order valence-electron chi connectivity index (χ1n) is 11.7. The Balaban J connectivity index is 1.14. The fourth-order valence-corrected chi connectivity index (χ4v) is 4.36. The molecule has 3 heterocycles. The van der Waals surface area contributed by atoms with Crippen molar-refractivity contribution in [1.82, 2.24) is 29.9 Å². The van der Waals surface area contributed by atoms with E-state index in [0.29, 0.717) is 37.9 Å². The number of ether oxygens (including phenoxy) is 1. The number of carbonyl (C=O) groups is 1. The second kappa shape index (κ2) is 10.4. The molecule has 0 spiro atoms. The molecule has 2 aromatic heterocycles. The average Bonchev–Trinajstić information content (AvgIpc) is 3.58. The lowest BCUT2D eigenvalue weighted by Gasteiger charge is -2.32. The molecule has 1 aliphatic rings. The quantitative estimate of drug-likeness (QED) is 0.435. The zero-order valence-electron chi connectivity index (χ0n) is 19.6. The van der Waals surface area contributed by atoms with Crippen molar-refractivity contribution < 1.29 is 14.1 Å². The lowest BCUT2D eigenvalue weighted by molar-refractivity contribution is 0.179. The molecule has 1 aliphatic heterocycles. The second-order valence-electron chi connectivity index (χ2n) is 8.56. The maximum atomic E-state index is 12.7. The number of aromatic nitrogens is 4. The fraction of sp³-hybridized carbons (Fsp3) is 0.308. The van der Waals surface area contributed by atoms with Crippen molar-refractivity contribution >= 4 is 6.03 Å². The molecule has 9 heteroatoms. The number of hydrogen-bond acceptors (Lipinski definition) is 6. The molecule has 0 bridgehead atoms. The highest BCUT2D eigenvalue weighted by molar-refractivity contribution is 5.74.